The summed E-state index contributed by atoms with van der Waals surface area (Å²) >= 11 is 0. The van der Waals surface area contributed by atoms with Crippen LogP contribution in [0, 0.1) is 0 Å². The van der Waals surface area contributed by atoms with Gasteiger partial charge in [-0.1, -0.05) is 18.6 Å². The van der Waals surface area contributed by atoms with Crippen LogP contribution in [0.2, 0.25) is 0 Å². The van der Waals surface area contributed by atoms with Gasteiger partial charge in [-0.3, -0.25) is 9.69 Å². The third-order valence-electron chi connectivity index (χ3n) is 5.65. The molecule has 5 heteroatoms. The van der Waals surface area contributed by atoms with Gasteiger partial charge in [0.1, 0.15) is 0 Å². The molecule has 0 spiro atoms. The second-order valence-electron chi connectivity index (χ2n) is 7.36. The molecule has 0 saturated carbocycles. The van der Waals surface area contributed by atoms with E-state index in [0.29, 0.717) is 12.3 Å². The fourth-order valence-corrected chi connectivity index (χ4v) is 4.17. The van der Waals surface area contributed by atoms with Crippen molar-refractivity contribution in [3.05, 3.63) is 53.5 Å². The van der Waals surface area contributed by atoms with Crippen LogP contribution < -0.4 is 10.2 Å². The Balaban J connectivity index is 1.54. The molecule has 0 radical (unpaired) electrons. The lowest BCUT2D eigenvalue weighted by Gasteiger charge is -2.35. The number of carbonyl (C=O) groups is 1. The monoisotopic (exact) mass is 353 g/mol. The minimum Gasteiger partial charge on any atom is -0.459 e. The topological polar surface area (TPSA) is 48.7 Å². The number of nitrogens with one attached hydrogen (secondary N) is 1. The van der Waals surface area contributed by atoms with E-state index >= 15 is 0 Å². The number of nitrogens with zero attached hydrogens (tertiary/aromatic N) is 2. The maximum absolute atomic E-state index is 12.3. The van der Waals surface area contributed by atoms with Crippen molar-refractivity contribution in [3.63, 3.8) is 0 Å². The number of hydrogen-bond donors (Lipinski definition) is 1. The smallest absolute Gasteiger partial charge is 0.287 e. The molecule has 1 aromatic carbocycles. The molecule has 2 aromatic rings. The standard InChI is InChI=1S/C21H27N3O2/c1-23-12-9-17-14-16(7-8-18(17)23)19(24-10-3-2-4-11-24)15-22-21(25)20-6-5-13-26-20/h5-8,13-14,19H,2-4,9-12,15H2,1H3,(H,22,25). The lowest BCUT2D eigenvalue weighted by Crippen LogP contribution is -2.40. The van der Waals surface area contributed by atoms with Crippen molar-refractivity contribution >= 4 is 11.6 Å². The first-order valence-corrected chi connectivity index (χ1v) is 9.62. The van der Waals surface area contributed by atoms with Gasteiger partial charge in [0.2, 0.25) is 0 Å². The van der Waals surface area contributed by atoms with Crippen molar-refractivity contribution < 1.29 is 9.21 Å². The number of hydrogen-bond acceptors (Lipinski definition) is 4. The van der Waals surface area contributed by atoms with E-state index in [1.165, 1.54) is 42.3 Å². The normalized spacial score (nSPS) is 18.6. The summed E-state index contributed by atoms with van der Waals surface area (Å²) in [6.07, 6.45) is 6.41. The first-order valence-electron chi connectivity index (χ1n) is 9.62. The molecule has 1 saturated heterocycles. The van der Waals surface area contributed by atoms with Gasteiger partial charge in [0, 0.05) is 25.8 Å². The van der Waals surface area contributed by atoms with Gasteiger partial charge in [0.15, 0.2) is 5.76 Å². The fourth-order valence-electron chi connectivity index (χ4n) is 4.17. The van der Waals surface area contributed by atoms with E-state index in [9.17, 15) is 4.79 Å². The zero-order chi connectivity index (χ0) is 17.9. The van der Waals surface area contributed by atoms with Crippen LogP contribution in [0.3, 0.4) is 0 Å². The molecule has 138 valence electrons. The molecule has 3 heterocycles. The number of likely N-dealkylation sites (tertiary alicyclic amines) is 1. The molecule has 1 N–H and O–H groups in total. The summed E-state index contributed by atoms with van der Waals surface area (Å²) in [7, 11) is 2.15. The minimum absolute atomic E-state index is 0.141. The highest BCUT2D eigenvalue weighted by atomic mass is 16.3. The van der Waals surface area contributed by atoms with Crippen molar-refractivity contribution in [1.82, 2.24) is 10.2 Å². The Morgan fingerprint density at radius 2 is 2.04 bits per heavy atom. The molecular weight excluding hydrogens is 326 g/mol. The van der Waals surface area contributed by atoms with E-state index in [1.54, 1.807) is 12.1 Å². The van der Waals surface area contributed by atoms with Gasteiger partial charge in [-0.25, -0.2) is 0 Å². The quantitative estimate of drug-likeness (QED) is 0.897. The molecular formula is C21H27N3O2. The van der Waals surface area contributed by atoms with Crippen LogP contribution in [0.1, 0.15) is 47.0 Å². The first-order chi connectivity index (χ1) is 12.7. The van der Waals surface area contributed by atoms with Gasteiger partial charge in [-0.2, -0.15) is 0 Å². The van der Waals surface area contributed by atoms with Crippen LogP contribution >= 0.6 is 0 Å². The number of fused-ring (bicyclic) bond motifs is 1. The van der Waals surface area contributed by atoms with Gasteiger partial charge < -0.3 is 14.6 Å². The Labute approximate surface area is 155 Å². The Hall–Kier alpha value is -2.27. The van der Waals surface area contributed by atoms with Crippen molar-refractivity contribution in [1.29, 1.82) is 0 Å². The highest BCUT2D eigenvalue weighted by Gasteiger charge is 2.25. The molecule has 5 nitrogen and oxygen atoms in total. The van der Waals surface area contributed by atoms with Gasteiger partial charge in [-0.15, -0.1) is 0 Å². The van der Waals surface area contributed by atoms with Crippen molar-refractivity contribution in [3.8, 4) is 0 Å². The first kappa shape index (κ1) is 17.2. The SMILES string of the molecule is CN1CCc2cc(C(CNC(=O)c3ccco3)N3CCCCC3)ccc21. The molecule has 1 fully saturated rings. The molecule has 1 atom stereocenters. The number of piperidine rings is 1. The third-order valence-corrected chi connectivity index (χ3v) is 5.65. The maximum Gasteiger partial charge on any atom is 0.287 e. The van der Waals surface area contributed by atoms with E-state index in [0.717, 1.165) is 26.1 Å². The molecule has 1 aromatic heterocycles. The van der Waals surface area contributed by atoms with Crippen LogP contribution in [0.25, 0.3) is 0 Å². The van der Waals surface area contributed by atoms with Gasteiger partial charge in [0.25, 0.3) is 5.91 Å². The largest absolute Gasteiger partial charge is 0.459 e. The van der Waals surface area contributed by atoms with Crippen LogP contribution in [0.15, 0.2) is 41.0 Å². The van der Waals surface area contributed by atoms with Crippen LogP contribution in [0.5, 0.6) is 0 Å². The van der Waals surface area contributed by atoms with E-state index in [2.05, 4.69) is 40.4 Å². The highest BCUT2D eigenvalue weighted by Crippen LogP contribution is 2.32. The number of furan rings is 1. The molecule has 2 aliphatic heterocycles. The average Bonchev–Trinajstić information content (AvgIpc) is 3.33. The second kappa shape index (κ2) is 7.54. The van der Waals surface area contributed by atoms with E-state index in [1.807, 2.05) is 0 Å². The summed E-state index contributed by atoms with van der Waals surface area (Å²) < 4.78 is 5.22. The van der Waals surface area contributed by atoms with Crippen LogP contribution in [0.4, 0.5) is 5.69 Å². The minimum atomic E-state index is -0.141. The Morgan fingerprint density at radius 3 is 2.81 bits per heavy atom. The van der Waals surface area contributed by atoms with E-state index in [-0.39, 0.29) is 11.9 Å². The number of anilines is 1. The number of likely N-dealkylation sites (N-methyl/N-ethyl adjacent to an activating group) is 1. The van der Waals surface area contributed by atoms with Crippen molar-refractivity contribution in [2.75, 3.05) is 38.1 Å². The van der Waals surface area contributed by atoms with E-state index < -0.39 is 0 Å². The molecule has 1 amide bonds. The van der Waals surface area contributed by atoms with Gasteiger partial charge in [-0.05, 0) is 61.7 Å². The maximum atomic E-state index is 12.3. The summed E-state index contributed by atoms with van der Waals surface area (Å²) in [6.45, 7) is 3.88. The van der Waals surface area contributed by atoms with Crippen molar-refractivity contribution in [2.24, 2.45) is 0 Å². The molecule has 0 bridgehead atoms. The molecule has 0 aliphatic carbocycles. The summed E-state index contributed by atoms with van der Waals surface area (Å²) in [5, 5.41) is 3.07. The molecule has 2 aliphatic rings. The lowest BCUT2D eigenvalue weighted by atomic mass is 9.98. The molecule has 26 heavy (non-hydrogen) atoms. The Kier molecular flexibility index (Phi) is 4.98. The summed E-state index contributed by atoms with van der Waals surface area (Å²) in [6, 6.07) is 10.5. The Morgan fingerprint density at radius 1 is 1.19 bits per heavy atom. The predicted molar refractivity (Wildman–Crippen MR) is 103 cm³/mol. The number of benzene rings is 1. The fraction of sp³-hybridized carbons (Fsp3) is 0.476. The highest BCUT2D eigenvalue weighted by molar-refractivity contribution is 5.91. The summed E-state index contributed by atoms with van der Waals surface area (Å²) in [4.78, 5) is 17.2. The summed E-state index contributed by atoms with van der Waals surface area (Å²) in [5.74, 6) is 0.232. The number of carbonyl (C=O) groups excluding carboxylic acids is 1. The Bertz CT molecular complexity index is 751. The number of amides is 1. The van der Waals surface area contributed by atoms with Gasteiger partial charge >= 0.3 is 0 Å². The summed E-state index contributed by atoms with van der Waals surface area (Å²) in [5.41, 5.74) is 4.07. The average molecular weight is 353 g/mol. The lowest BCUT2D eigenvalue weighted by molar-refractivity contribution is 0.0897. The zero-order valence-corrected chi connectivity index (χ0v) is 15.4. The zero-order valence-electron chi connectivity index (χ0n) is 15.4. The molecule has 1 unspecified atom stereocenters. The number of rotatable bonds is 5. The van der Waals surface area contributed by atoms with Crippen molar-refractivity contribution in [2.45, 2.75) is 31.7 Å². The second-order valence-corrected chi connectivity index (χ2v) is 7.36. The predicted octanol–water partition coefficient (Wildman–Crippen LogP) is 3.23. The van der Waals surface area contributed by atoms with E-state index in [4.69, 9.17) is 4.42 Å². The molecule has 4 rings (SSSR count). The van der Waals surface area contributed by atoms with Crippen LogP contribution in [-0.4, -0.2) is 44.0 Å². The van der Waals surface area contributed by atoms with Gasteiger partial charge in [0.05, 0.1) is 12.3 Å². The van der Waals surface area contributed by atoms with Crippen LogP contribution in [-0.2, 0) is 6.42 Å². The third kappa shape index (κ3) is 3.49.